The van der Waals surface area contributed by atoms with Gasteiger partial charge < -0.3 is 0 Å². The van der Waals surface area contributed by atoms with Crippen LogP contribution >= 0.6 is 0 Å². The monoisotopic (exact) mass is 533 g/mol. The Kier molecular flexibility index (Phi) is 7.82. The molecule has 36 heavy (non-hydrogen) atoms. The van der Waals surface area contributed by atoms with Gasteiger partial charge in [-0.15, -0.1) is 0 Å². The van der Waals surface area contributed by atoms with Gasteiger partial charge in [-0.25, -0.2) is 8.42 Å². The lowest BCUT2D eigenvalue weighted by molar-refractivity contribution is -0.137. The van der Waals surface area contributed by atoms with E-state index in [1.807, 2.05) is 0 Å². The minimum absolute atomic E-state index is 0.119. The first-order chi connectivity index (χ1) is 16.7. The maximum absolute atomic E-state index is 13.1. The van der Waals surface area contributed by atoms with Crippen molar-refractivity contribution in [2.24, 2.45) is 0 Å². The first kappa shape index (κ1) is 27.2. The number of benzene rings is 2. The molecule has 0 aliphatic rings. The van der Waals surface area contributed by atoms with E-state index in [2.05, 4.69) is 10.2 Å². The van der Waals surface area contributed by atoms with Gasteiger partial charge >= 0.3 is 12.4 Å². The van der Waals surface area contributed by atoms with Crippen LogP contribution in [0.1, 0.15) is 41.3 Å². The van der Waals surface area contributed by atoms with E-state index < -0.39 is 40.2 Å². The predicted octanol–water partition coefficient (Wildman–Crippen LogP) is 5.98. The molecule has 3 rings (SSSR count). The van der Waals surface area contributed by atoms with Gasteiger partial charge in [0.05, 0.1) is 29.7 Å². The molecule has 0 fully saturated rings. The van der Waals surface area contributed by atoms with E-state index in [1.165, 1.54) is 30.5 Å². The number of hydrogen-bond acceptors (Lipinski definition) is 4. The number of anilines is 1. The van der Waals surface area contributed by atoms with Crippen molar-refractivity contribution in [3.05, 3.63) is 71.4 Å². The molecule has 13 heteroatoms. The number of aromatic amines is 1. The van der Waals surface area contributed by atoms with Gasteiger partial charge in [-0.1, -0.05) is 19.1 Å². The SMILES string of the molecule is CCCC(=O)c1ccc(N(Cc2cn[nH]c2-c2ccc(C(F)(F)F)cc2)S(=O)(=O)CC(F)(F)F)cc1. The van der Waals surface area contributed by atoms with E-state index in [9.17, 15) is 39.6 Å². The minimum atomic E-state index is -5.03. The Morgan fingerprint density at radius 1 is 0.972 bits per heavy atom. The molecule has 0 bridgehead atoms. The molecule has 0 radical (unpaired) electrons. The van der Waals surface area contributed by atoms with Crippen molar-refractivity contribution in [3.8, 4) is 11.3 Å². The number of alkyl halides is 6. The van der Waals surface area contributed by atoms with Gasteiger partial charge in [-0.2, -0.15) is 31.4 Å². The minimum Gasteiger partial charge on any atom is -0.294 e. The molecule has 0 saturated carbocycles. The lowest BCUT2D eigenvalue weighted by Gasteiger charge is -2.25. The third kappa shape index (κ3) is 6.65. The van der Waals surface area contributed by atoms with E-state index >= 15 is 0 Å². The number of sulfonamides is 1. The second-order valence-corrected chi connectivity index (χ2v) is 9.84. The summed E-state index contributed by atoms with van der Waals surface area (Å²) >= 11 is 0. The number of ketones is 1. The molecule has 0 unspecified atom stereocenters. The van der Waals surface area contributed by atoms with Crippen LogP contribution in [0.3, 0.4) is 0 Å². The van der Waals surface area contributed by atoms with Crippen LogP contribution in [-0.4, -0.2) is 36.3 Å². The molecule has 2 aromatic carbocycles. The van der Waals surface area contributed by atoms with Crippen molar-refractivity contribution in [2.75, 3.05) is 10.1 Å². The van der Waals surface area contributed by atoms with Crippen LogP contribution < -0.4 is 4.31 Å². The average molecular weight is 533 g/mol. The molecule has 0 spiro atoms. The summed E-state index contributed by atoms with van der Waals surface area (Å²) in [5, 5.41) is 6.35. The van der Waals surface area contributed by atoms with Gasteiger partial charge in [0.25, 0.3) is 0 Å². The molecule has 0 aliphatic carbocycles. The fourth-order valence-corrected chi connectivity index (χ4v) is 4.83. The lowest BCUT2D eigenvalue weighted by atomic mass is 10.1. The number of halogens is 6. The fraction of sp³-hybridized carbons (Fsp3) is 0.304. The molecule has 0 amide bonds. The molecular weight excluding hydrogens is 512 g/mol. The molecule has 1 aromatic heterocycles. The van der Waals surface area contributed by atoms with Crippen LogP contribution in [0.25, 0.3) is 11.3 Å². The number of H-pyrrole nitrogens is 1. The van der Waals surface area contributed by atoms with Gasteiger partial charge in [-0.05, 0) is 48.4 Å². The van der Waals surface area contributed by atoms with Crippen molar-refractivity contribution in [2.45, 2.75) is 38.7 Å². The lowest BCUT2D eigenvalue weighted by Crippen LogP contribution is -2.37. The number of nitrogens with zero attached hydrogens (tertiary/aromatic N) is 2. The van der Waals surface area contributed by atoms with Crippen LogP contribution in [0, 0.1) is 0 Å². The average Bonchev–Trinajstić information content (AvgIpc) is 3.24. The van der Waals surface area contributed by atoms with Gasteiger partial charge in [-0.3, -0.25) is 14.2 Å². The number of hydrogen-bond donors (Lipinski definition) is 1. The van der Waals surface area contributed by atoms with Crippen molar-refractivity contribution >= 4 is 21.5 Å². The number of Topliss-reactive ketones (excluding diaryl/α,β-unsaturated/α-hetero) is 1. The summed E-state index contributed by atoms with van der Waals surface area (Å²) in [7, 11) is -4.94. The van der Waals surface area contributed by atoms with Gasteiger partial charge in [0, 0.05) is 17.5 Å². The summed E-state index contributed by atoms with van der Waals surface area (Å²) < 4.78 is 104. The Morgan fingerprint density at radius 2 is 1.58 bits per heavy atom. The van der Waals surface area contributed by atoms with Crippen molar-refractivity contribution in [1.82, 2.24) is 10.2 Å². The third-order valence-corrected chi connectivity index (χ3v) is 6.87. The van der Waals surface area contributed by atoms with Gasteiger partial charge in [0.1, 0.15) is 0 Å². The summed E-state index contributed by atoms with van der Waals surface area (Å²) in [4.78, 5) is 12.1. The van der Waals surface area contributed by atoms with Gasteiger partial charge in [0.2, 0.25) is 10.0 Å². The molecule has 6 nitrogen and oxygen atoms in total. The number of aromatic nitrogens is 2. The fourth-order valence-electron chi connectivity index (χ4n) is 3.48. The maximum Gasteiger partial charge on any atom is 0.416 e. The van der Waals surface area contributed by atoms with E-state index in [-0.39, 0.29) is 40.3 Å². The van der Waals surface area contributed by atoms with Crippen molar-refractivity contribution < 1.29 is 39.6 Å². The van der Waals surface area contributed by atoms with Crippen molar-refractivity contribution in [1.29, 1.82) is 0 Å². The van der Waals surface area contributed by atoms with E-state index in [4.69, 9.17) is 0 Å². The second kappa shape index (κ2) is 10.3. The number of carbonyl (C=O) groups excluding carboxylic acids is 1. The second-order valence-electron chi connectivity index (χ2n) is 7.94. The zero-order valence-corrected chi connectivity index (χ0v) is 19.6. The molecule has 3 aromatic rings. The summed E-state index contributed by atoms with van der Waals surface area (Å²) in [6.07, 6.45) is -7.58. The Hall–Kier alpha value is -3.35. The standard InChI is InChI=1S/C23H21F6N3O3S/c1-2-3-20(33)15-6-10-19(11-7-15)32(36(34,35)14-22(24,25)26)13-17-12-30-31-21(17)16-4-8-18(9-5-16)23(27,28)29/h4-12H,2-3,13-14H2,1H3,(H,30,31). The van der Waals surface area contributed by atoms with Gasteiger partial charge in [0.15, 0.2) is 11.5 Å². The first-order valence-corrected chi connectivity index (χ1v) is 12.2. The predicted molar refractivity (Wildman–Crippen MR) is 121 cm³/mol. The Bertz CT molecular complexity index is 1300. The molecule has 0 saturated heterocycles. The summed E-state index contributed by atoms with van der Waals surface area (Å²) in [6.45, 7) is 1.21. The molecule has 1 N–H and O–H groups in total. The van der Waals surface area contributed by atoms with Crippen LogP contribution in [0.4, 0.5) is 32.0 Å². The largest absolute Gasteiger partial charge is 0.416 e. The summed E-state index contributed by atoms with van der Waals surface area (Å²) in [5.41, 5.74) is -0.240. The van der Waals surface area contributed by atoms with E-state index in [1.54, 1.807) is 6.92 Å². The topological polar surface area (TPSA) is 83.1 Å². The number of carbonyl (C=O) groups is 1. The number of nitrogens with one attached hydrogen (secondary N) is 1. The summed E-state index contributed by atoms with van der Waals surface area (Å²) in [5.74, 6) is -2.34. The van der Waals surface area contributed by atoms with Crippen LogP contribution in [0.5, 0.6) is 0 Å². The highest BCUT2D eigenvalue weighted by atomic mass is 32.2. The highest BCUT2D eigenvalue weighted by molar-refractivity contribution is 7.92. The Labute approximate surface area is 203 Å². The quantitative estimate of drug-likeness (QED) is 0.271. The highest BCUT2D eigenvalue weighted by Crippen LogP contribution is 2.33. The Balaban J connectivity index is 1.99. The molecule has 0 atom stereocenters. The Morgan fingerprint density at radius 3 is 2.11 bits per heavy atom. The summed E-state index contributed by atoms with van der Waals surface area (Å²) in [6, 6.07) is 9.05. The maximum atomic E-state index is 13.1. The molecular formula is C23H21F6N3O3S. The highest BCUT2D eigenvalue weighted by Gasteiger charge is 2.39. The number of rotatable bonds is 9. The molecule has 0 aliphatic heterocycles. The van der Waals surface area contributed by atoms with Crippen LogP contribution in [0.2, 0.25) is 0 Å². The van der Waals surface area contributed by atoms with E-state index in [0.29, 0.717) is 10.7 Å². The smallest absolute Gasteiger partial charge is 0.294 e. The van der Waals surface area contributed by atoms with Crippen LogP contribution in [0.15, 0.2) is 54.7 Å². The zero-order chi connectivity index (χ0) is 26.7. The normalized spacial score (nSPS) is 12.5. The van der Waals surface area contributed by atoms with Crippen molar-refractivity contribution in [3.63, 3.8) is 0 Å². The molecule has 194 valence electrons. The zero-order valence-electron chi connectivity index (χ0n) is 18.8. The first-order valence-electron chi connectivity index (χ1n) is 10.6. The molecule has 1 heterocycles. The van der Waals surface area contributed by atoms with Crippen LogP contribution in [-0.2, 0) is 22.7 Å². The third-order valence-electron chi connectivity index (χ3n) is 5.17. The van der Waals surface area contributed by atoms with E-state index in [0.717, 1.165) is 24.3 Å².